The summed E-state index contributed by atoms with van der Waals surface area (Å²) in [4.78, 5) is 12.4. The maximum atomic E-state index is 12.4. The number of halogens is 2. The topological polar surface area (TPSA) is 71.3 Å². The summed E-state index contributed by atoms with van der Waals surface area (Å²) in [5.41, 5.74) is 0.938. The third-order valence-corrected chi connectivity index (χ3v) is 3.87. The highest BCUT2D eigenvalue weighted by Gasteiger charge is 2.12. The van der Waals surface area contributed by atoms with E-state index in [4.69, 9.17) is 32.7 Å². The molecule has 134 valence electrons. The minimum Gasteiger partial charge on any atom is -0.494 e. The van der Waals surface area contributed by atoms with Crippen LogP contribution in [0.3, 0.4) is 0 Å². The van der Waals surface area contributed by atoms with Crippen LogP contribution in [0, 0.1) is 11.3 Å². The molecule has 0 radical (unpaired) electrons. The Morgan fingerprint density at radius 3 is 2.54 bits per heavy atom. The summed E-state index contributed by atoms with van der Waals surface area (Å²) >= 11 is 12.2. The lowest BCUT2D eigenvalue weighted by Gasteiger charge is -2.08. The number of nitriles is 1. The maximum Gasteiger partial charge on any atom is 0.266 e. The number of amides is 1. The van der Waals surface area contributed by atoms with Crippen LogP contribution in [0.5, 0.6) is 11.5 Å². The molecule has 0 unspecified atom stereocenters. The first-order valence-corrected chi connectivity index (χ1v) is 8.43. The van der Waals surface area contributed by atoms with Gasteiger partial charge in [-0.25, -0.2) is 0 Å². The van der Waals surface area contributed by atoms with Gasteiger partial charge in [0.25, 0.3) is 5.91 Å². The largest absolute Gasteiger partial charge is 0.494 e. The molecule has 0 aliphatic heterocycles. The summed E-state index contributed by atoms with van der Waals surface area (Å²) in [6.45, 7) is 2.38. The van der Waals surface area contributed by atoms with E-state index in [1.165, 1.54) is 13.2 Å². The van der Waals surface area contributed by atoms with Crippen molar-refractivity contribution in [2.24, 2.45) is 0 Å². The molecular formula is C19H16Cl2N2O3. The molecule has 0 bridgehead atoms. The molecule has 2 rings (SSSR count). The zero-order valence-corrected chi connectivity index (χ0v) is 15.7. The van der Waals surface area contributed by atoms with Gasteiger partial charge in [0.05, 0.1) is 23.8 Å². The molecule has 1 amide bonds. The molecule has 0 saturated carbocycles. The Kier molecular flexibility index (Phi) is 6.90. The van der Waals surface area contributed by atoms with Gasteiger partial charge in [-0.2, -0.15) is 5.26 Å². The van der Waals surface area contributed by atoms with Gasteiger partial charge in [-0.05, 0) is 42.8 Å². The fourth-order valence-electron chi connectivity index (χ4n) is 2.20. The van der Waals surface area contributed by atoms with Crippen LogP contribution in [-0.2, 0) is 4.79 Å². The Bertz CT molecular complexity index is 866. The van der Waals surface area contributed by atoms with Crippen LogP contribution >= 0.6 is 23.2 Å². The van der Waals surface area contributed by atoms with Gasteiger partial charge in [-0.15, -0.1) is 0 Å². The van der Waals surface area contributed by atoms with Crippen molar-refractivity contribution in [3.63, 3.8) is 0 Å². The Balaban J connectivity index is 2.25. The van der Waals surface area contributed by atoms with E-state index in [2.05, 4.69) is 5.32 Å². The summed E-state index contributed by atoms with van der Waals surface area (Å²) in [7, 11) is 1.45. The minimum absolute atomic E-state index is 0.0934. The number of hydrogen-bond donors (Lipinski definition) is 1. The molecule has 0 saturated heterocycles. The van der Waals surface area contributed by atoms with Gasteiger partial charge in [0.2, 0.25) is 0 Å². The predicted octanol–water partition coefficient (Wildman–Crippen LogP) is 4.95. The van der Waals surface area contributed by atoms with Crippen molar-refractivity contribution in [2.75, 3.05) is 19.0 Å². The normalized spacial score (nSPS) is 10.8. The van der Waals surface area contributed by atoms with E-state index in [0.29, 0.717) is 29.4 Å². The SMILES string of the molecule is CCOc1cccc(NC(=O)/C(C#N)=C\c2cc(Cl)c(OC)c(Cl)c2)c1. The third-order valence-electron chi connectivity index (χ3n) is 3.30. The Morgan fingerprint density at radius 2 is 1.96 bits per heavy atom. The van der Waals surface area contributed by atoms with Gasteiger partial charge in [0.15, 0.2) is 5.75 Å². The lowest BCUT2D eigenvalue weighted by Crippen LogP contribution is -2.13. The maximum absolute atomic E-state index is 12.4. The zero-order chi connectivity index (χ0) is 19.1. The summed E-state index contributed by atoms with van der Waals surface area (Å²) in [6, 6.07) is 11.9. The number of nitrogens with zero attached hydrogens (tertiary/aromatic N) is 1. The van der Waals surface area contributed by atoms with E-state index in [9.17, 15) is 10.1 Å². The Hall–Kier alpha value is -2.68. The molecule has 7 heteroatoms. The standard InChI is InChI=1S/C19H16Cl2N2O3/c1-3-26-15-6-4-5-14(10-15)23-19(24)13(11-22)7-12-8-16(20)18(25-2)17(21)9-12/h4-10H,3H2,1-2H3,(H,23,24)/b13-7-. The van der Waals surface area contributed by atoms with Crippen molar-refractivity contribution in [3.05, 3.63) is 57.6 Å². The number of carbonyl (C=O) groups excluding carboxylic acids is 1. The monoisotopic (exact) mass is 390 g/mol. The Morgan fingerprint density at radius 1 is 1.27 bits per heavy atom. The predicted molar refractivity (Wildman–Crippen MR) is 103 cm³/mol. The number of benzene rings is 2. The number of methoxy groups -OCH3 is 1. The molecule has 0 aromatic heterocycles. The number of rotatable bonds is 6. The van der Waals surface area contributed by atoms with Gasteiger partial charge >= 0.3 is 0 Å². The van der Waals surface area contributed by atoms with Gasteiger partial charge in [0.1, 0.15) is 17.4 Å². The second kappa shape index (κ2) is 9.14. The molecule has 2 aromatic carbocycles. The molecule has 2 aromatic rings. The van der Waals surface area contributed by atoms with E-state index < -0.39 is 5.91 Å². The second-order valence-corrected chi connectivity index (χ2v) is 5.92. The fraction of sp³-hybridized carbons (Fsp3) is 0.158. The minimum atomic E-state index is -0.552. The first-order chi connectivity index (χ1) is 12.5. The van der Waals surface area contributed by atoms with Crippen molar-refractivity contribution in [2.45, 2.75) is 6.92 Å². The van der Waals surface area contributed by atoms with Crippen LogP contribution in [-0.4, -0.2) is 19.6 Å². The molecule has 0 aliphatic rings. The summed E-state index contributed by atoms with van der Waals surface area (Å²) < 4.78 is 10.5. The molecule has 0 aliphatic carbocycles. The lowest BCUT2D eigenvalue weighted by atomic mass is 10.1. The highest BCUT2D eigenvalue weighted by molar-refractivity contribution is 6.37. The lowest BCUT2D eigenvalue weighted by molar-refractivity contribution is -0.112. The van der Waals surface area contributed by atoms with Crippen LogP contribution in [0.25, 0.3) is 6.08 Å². The number of ether oxygens (including phenoxy) is 2. The number of carbonyl (C=O) groups is 1. The Labute approximate surface area is 161 Å². The fourth-order valence-corrected chi connectivity index (χ4v) is 2.86. The van der Waals surface area contributed by atoms with Crippen LogP contribution in [0.15, 0.2) is 42.0 Å². The van der Waals surface area contributed by atoms with E-state index in [0.717, 1.165) is 0 Å². The van der Waals surface area contributed by atoms with Gasteiger partial charge in [-0.3, -0.25) is 4.79 Å². The molecule has 5 nitrogen and oxygen atoms in total. The van der Waals surface area contributed by atoms with Crippen LogP contribution in [0.4, 0.5) is 5.69 Å². The first-order valence-electron chi connectivity index (χ1n) is 7.67. The second-order valence-electron chi connectivity index (χ2n) is 5.10. The van der Waals surface area contributed by atoms with Crippen molar-refractivity contribution < 1.29 is 14.3 Å². The zero-order valence-electron chi connectivity index (χ0n) is 14.2. The molecule has 0 spiro atoms. The van der Waals surface area contributed by atoms with Crippen molar-refractivity contribution in [1.29, 1.82) is 5.26 Å². The summed E-state index contributed by atoms with van der Waals surface area (Å²) in [6.07, 6.45) is 1.40. The van der Waals surface area contributed by atoms with Crippen molar-refractivity contribution >= 4 is 40.9 Å². The molecule has 26 heavy (non-hydrogen) atoms. The van der Waals surface area contributed by atoms with Gasteiger partial charge in [-0.1, -0.05) is 29.3 Å². The van der Waals surface area contributed by atoms with Gasteiger partial charge < -0.3 is 14.8 Å². The smallest absolute Gasteiger partial charge is 0.266 e. The number of hydrogen-bond acceptors (Lipinski definition) is 4. The van der Waals surface area contributed by atoms with E-state index in [-0.39, 0.29) is 15.6 Å². The number of anilines is 1. The third kappa shape index (κ3) is 4.92. The molecule has 0 atom stereocenters. The van der Waals surface area contributed by atoms with Crippen molar-refractivity contribution in [1.82, 2.24) is 0 Å². The van der Waals surface area contributed by atoms with Crippen LogP contribution < -0.4 is 14.8 Å². The van der Waals surface area contributed by atoms with E-state index in [1.807, 2.05) is 13.0 Å². The average molecular weight is 391 g/mol. The highest BCUT2D eigenvalue weighted by Crippen LogP contribution is 2.34. The summed E-state index contributed by atoms with van der Waals surface area (Å²) in [5.74, 6) is 0.409. The van der Waals surface area contributed by atoms with E-state index in [1.54, 1.807) is 36.4 Å². The number of nitrogens with one attached hydrogen (secondary N) is 1. The highest BCUT2D eigenvalue weighted by atomic mass is 35.5. The molecule has 0 heterocycles. The molecule has 1 N–H and O–H groups in total. The first kappa shape index (κ1) is 19.6. The molecular weight excluding hydrogens is 375 g/mol. The van der Waals surface area contributed by atoms with Crippen LogP contribution in [0.1, 0.15) is 12.5 Å². The quantitative estimate of drug-likeness (QED) is 0.559. The molecule has 0 fully saturated rings. The van der Waals surface area contributed by atoms with E-state index >= 15 is 0 Å². The average Bonchev–Trinajstić information content (AvgIpc) is 2.60. The van der Waals surface area contributed by atoms with Crippen LogP contribution in [0.2, 0.25) is 10.0 Å². The van der Waals surface area contributed by atoms with Crippen molar-refractivity contribution in [3.8, 4) is 17.6 Å². The van der Waals surface area contributed by atoms with Gasteiger partial charge in [0, 0.05) is 11.8 Å². The summed E-state index contributed by atoms with van der Waals surface area (Å²) in [5, 5.41) is 12.6.